The van der Waals surface area contributed by atoms with Gasteiger partial charge in [0.25, 0.3) is 0 Å². The second-order valence-electron chi connectivity index (χ2n) is 9.20. The van der Waals surface area contributed by atoms with Crippen LogP contribution in [0.4, 0.5) is 0 Å². The molecule has 37 heavy (non-hydrogen) atoms. The van der Waals surface area contributed by atoms with Gasteiger partial charge in [0.1, 0.15) is 13.2 Å². The summed E-state index contributed by atoms with van der Waals surface area (Å²) in [7, 11) is 0. The molecule has 3 rings (SSSR count). The second kappa shape index (κ2) is 10.1. The van der Waals surface area contributed by atoms with Crippen LogP contribution in [-0.2, 0) is 20.9 Å². The number of aliphatic hydroxyl groups is 6. The summed E-state index contributed by atoms with van der Waals surface area (Å²) in [4.78, 5) is 24.4. The van der Waals surface area contributed by atoms with E-state index in [0.29, 0.717) is 16.7 Å². The van der Waals surface area contributed by atoms with Gasteiger partial charge in [-0.3, -0.25) is 4.79 Å². The van der Waals surface area contributed by atoms with E-state index in [0.717, 1.165) is 6.07 Å². The molecular formula is C24H28O13. The highest BCUT2D eigenvalue weighted by atomic mass is 16.9. The molecule has 0 saturated heterocycles. The molecule has 0 spiro atoms. The number of ether oxygens (including phenoxy) is 5. The zero-order valence-electron chi connectivity index (χ0n) is 20.4. The molecule has 1 heterocycles. The molecule has 202 valence electrons. The van der Waals surface area contributed by atoms with E-state index in [2.05, 4.69) is 4.74 Å². The smallest absolute Gasteiger partial charge is 0.453 e. The Labute approximate surface area is 211 Å². The van der Waals surface area contributed by atoms with Gasteiger partial charge >= 0.3 is 24.3 Å². The van der Waals surface area contributed by atoms with Crippen molar-refractivity contribution in [3.05, 3.63) is 41.5 Å². The molecule has 0 atom stereocenters. The quantitative estimate of drug-likeness (QED) is 0.183. The third-order valence-electron chi connectivity index (χ3n) is 5.03. The fourth-order valence-electron chi connectivity index (χ4n) is 3.36. The number of fused-ring (bicyclic) bond motifs is 1. The largest absolute Gasteiger partial charge is 0.488 e. The number of cyclic esters (lactones) is 1. The lowest BCUT2D eigenvalue weighted by atomic mass is 9.94. The number of carbonyl (C=O) groups is 2. The van der Waals surface area contributed by atoms with E-state index in [9.17, 15) is 40.2 Å². The number of hydrogen-bond acceptors (Lipinski definition) is 13. The van der Waals surface area contributed by atoms with Crippen LogP contribution in [0.5, 0.6) is 17.2 Å². The molecule has 0 saturated carbocycles. The molecular weight excluding hydrogens is 496 g/mol. The standard InChI is InChI=1S/C24H28O13/c1-12(2)35-21(26)22(3,4)11-34-18-15(13-5-6-16-14(9-13)10-33-20(16)25)7-8-17(36-23(27,28)29)19(18)37-24(30,31)32/h5-9,12,27-32H,10-11H2,1-4H3. The number of hydrogen-bond donors (Lipinski definition) is 6. The Hall–Kier alpha value is -3.46. The average Bonchev–Trinajstić information content (AvgIpc) is 3.11. The third-order valence-corrected chi connectivity index (χ3v) is 5.03. The van der Waals surface area contributed by atoms with Gasteiger partial charge in [-0.2, -0.15) is 0 Å². The van der Waals surface area contributed by atoms with Crippen molar-refractivity contribution in [2.24, 2.45) is 5.41 Å². The average molecular weight is 524 g/mol. The third kappa shape index (κ3) is 7.07. The molecule has 1 aliphatic rings. The Morgan fingerprint density at radius 3 is 2.16 bits per heavy atom. The molecule has 0 amide bonds. The molecule has 6 N–H and O–H groups in total. The fourth-order valence-corrected chi connectivity index (χ4v) is 3.36. The lowest BCUT2D eigenvalue weighted by Gasteiger charge is -2.28. The van der Waals surface area contributed by atoms with E-state index < -0.39 is 47.3 Å². The summed E-state index contributed by atoms with van der Waals surface area (Å²) in [5.74, 6) is -2.97. The van der Waals surface area contributed by atoms with Gasteiger partial charge in [-0.1, -0.05) is 6.07 Å². The van der Waals surface area contributed by atoms with Crippen molar-refractivity contribution in [3.63, 3.8) is 0 Å². The van der Waals surface area contributed by atoms with E-state index in [1.54, 1.807) is 19.9 Å². The summed E-state index contributed by atoms with van der Waals surface area (Å²) in [5, 5.41) is 56.5. The molecule has 0 bridgehead atoms. The first kappa shape index (κ1) is 28.1. The van der Waals surface area contributed by atoms with Crippen LogP contribution in [0.15, 0.2) is 30.3 Å². The Kier molecular flexibility index (Phi) is 7.69. The van der Waals surface area contributed by atoms with Crippen molar-refractivity contribution >= 4 is 11.9 Å². The van der Waals surface area contributed by atoms with Gasteiger partial charge in [0.2, 0.25) is 5.75 Å². The molecule has 0 unspecified atom stereocenters. The minimum atomic E-state index is -3.80. The monoisotopic (exact) mass is 524 g/mol. The molecule has 2 aromatic carbocycles. The van der Waals surface area contributed by atoms with Gasteiger partial charge in [0.05, 0.1) is 17.1 Å². The second-order valence-corrected chi connectivity index (χ2v) is 9.20. The molecule has 13 heteroatoms. The van der Waals surface area contributed by atoms with Gasteiger partial charge in [-0.15, -0.1) is 0 Å². The summed E-state index contributed by atoms with van der Waals surface area (Å²) in [6.07, 6.45) is -7.95. The Balaban J connectivity index is 2.15. The van der Waals surface area contributed by atoms with Crippen LogP contribution in [0.25, 0.3) is 11.1 Å². The van der Waals surface area contributed by atoms with E-state index >= 15 is 0 Å². The van der Waals surface area contributed by atoms with Gasteiger partial charge in [-0.25, -0.2) is 4.79 Å². The van der Waals surface area contributed by atoms with Crippen LogP contribution >= 0.6 is 0 Å². The lowest BCUT2D eigenvalue weighted by molar-refractivity contribution is -0.428. The number of benzene rings is 2. The molecule has 1 aliphatic heterocycles. The van der Waals surface area contributed by atoms with Crippen molar-refractivity contribution in [1.82, 2.24) is 0 Å². The first-order valence-corrected chi connectivity index (χ1v) is 11.0. The van der Waals surface area contributed by atoms with E-state index in [4.69, 9.17) is 18.9 Å². The van der Waals surface area contributed by atoms with Gasteiger partial charge < -0.3 is 54.3 Å². The lowest BCUT2D eigenvalue weighted by Crippen LogP contribution is -2.38. The van der Waals surface area contributed by atoms with Crippen molar-refractivity contribution < 1.29 is 63.9 Å². The maximum Gasteiger partial charge on any atom is 0.453 e. The Morgan fingerprint density at radius 2 is 1.57 bits per heavy atom. The van der Waals surface area contributed by atoms with Crippen LogP contribution in [0, 0.1) is 5.41 Å². The van der Waals surface area contributed by atoms with Crippen molar-refractivity contribution in [1.29, 1.82) is 0 Å². The summed E-state index contributed by atoms with van der Waals surface area (Å²) >= 11 is 0. The predicted octanol–water partition coefficient (Wildman–Crippen LogP) is 0.315. The van der Waals surface area contributed by atoms with Crippen molar-refractivity contribution in [2.45, 2.75) is 52.7 Å². The molecule has 0 radical (unpaired) electrons. The van der Waals surface area contributed by atoms with Crippen molar-refractivity contribution in [2.75, 3.05) is 6.61 Å². The minimum Gasteiger partial charge on any atom is -0.488 e. The molecule has 2 aromatic rings. The molecule has 13 nitrogen and oxygen atoms in total. The maximum absolute atomic E-state index is 12.6. The minimum absolute atomic E-state index is 0.00586. The zero-order valence-corrected chi connectivity index (χ0v) is 20.4. The molecule has 0 aromatic heterocycles. The fraction of sp³-hybridized carbons (Fsp3) is 0.417. The number of carbonyl (C=O) groups excluding carboxylic acids is 2. The van der Waals surface area contributed by atoms with Gasteiger partial charge in [0, 0.05) is 11.1 Å². The van der Waals surface area contributed by atoms with E-state index in [-0.39, 0.29) is 24.5 Å². The van der Waals surface area contributed by atoms with E-state index in [1.165, 1.54) is 32.0 Å². The zero-order chi connectivity index (χ0) is 27.8. The summed E-state index contributed by atoms with van der Waals surface area (Å²) in [6.45, 7) is 5.99. The predicted molar refractivity (Wildman–Crippen MR) is 122 cm³/mol. The van der Waals surface area contributed by atoms with Gasteiger partial charge in [-0.05, 0) is 57.5 Å². The SMILES string of the molecule is CC(C)OC(=O)C(C)(C)COc1c(-c2ccc3c(c2)COC3=O)ccc(OC(O)(O)O)c1OC(O)(O)O. The normalized spacial score (nSPS) is 13.8. The van der Waals surface area contributed by atoms with Crippen LogP contribution in [-0.4, -0.2) is 67.6 Å². The molecule has 0 aliphatic carbocycles. The highest BCUT2D eigenvalue weighted by Crippen LogP contribution is 2.47. The first-order chi connectivity index (χ1) is 17.0. The highest BCUT2D eigenvalue weighted by molar-refractivity contribution is 5.94. The van der Waals surface area contributed by atoms with Crippen LogP contribution in [0.1, 0.15) is 43.6 Å². The van der Waals surface area contributed by atoms with E-state index in [1.807, 2.05) is 0 Å². The Bertz CT molecular complexity index is 1170. The number of rotatable bonds is 10. The summed E-state index contributed by atoms with van der Waals surface area (Å²) in [5.41, 5.74) is 0.191. The molecule has 0 fully saturated rings. The van der Waals surface area contributed by atoms with Crippen LogP contribution in [0.2, 0.25) is 0 Å². The first-order valence-electron chi connectivity index (χ1n) is 11.0. The van der Waals surface area contributed by atoms with Gasteiger partial charge in [0.15, 0.2) is 11.5 Å². The Morgan fingerprint density at radius 1 is 0.946 bits per heavy atom. The topological polar surface area (TPSA) is 202 Å². The van der Waals surface area contributed by atoms with Crippen LogP contribution in [0.3, 0.4) is 0 Å². The highest BCUT2D eigenvalue weighted by Gasteiger charge is 2.36. The number of esters is 2. The summed E-state index contributed by atoms with van der Waals surface area (Å²) in [6, 6.07) is 6.98. The van der Waals surface area contributed by atoms with Crippen LogP contribution < -0.4 is 14.2 Å². The maximum atomic E-state index is 12.6. The summed E-state index contributed by atoms with van der Waals surface area (Å²) < 4.78 is 25.5. The van der Waals surface area contributed by atoms with Crippen molar-refractivity contribution in [3.8, 4) is 28.4 Å².